The van der Waals surface area contributed by atoms with Crippen LogP contribution in [0.15, 0.2) is 59.5 Å². The van der Waals surface area contributed by atoms with Gasteiger partial charge in [-0.3, -0.25) is 0 Å². The minimum atomic E-state index is -3.52. The molecule has 24 heavy (non-hydrogen) atoms. The fourth-order valence-corrected chi connectivity index (χ4v) is 6.31. The standard InChI is InChI=1S/C18H20ClNO3S/c1-23-12-18(11-20)16(13-6-5-7-14(19)10-13)17(18)24(21,22)15-8-3-2-4-9-15/h2-10,16-17H,11-12,20H2,1H3/t16-,17+,18-/m1/s1. The lowest BCUT2D eigenvalue weighted by molar-refractivity contribution is 0.142. The maximum absolute atomic E-state index is 13.2. The maximum Gasteiger partial charge on any atom is 0.182 e. The highest BCUT2D eigenvalue weighted by atomic mass is 35.5. The second-order valence-corrected chi connectivity index (χ2v) is 8.69. The SMILES string of the molecule is COC[C@]1(CN)[C@H](c2cccc(Cl)c2)[C@@H]1S(=O)(=O)c1ccccc1. The van der Waals surface area contributed by atoms with Crippen molar-refractivity contribution in [1.29, 1.82) is 0 Å². The molecule has 0 heterocycles. The summed E-state index contributed by atoms with van der Waals surface area (Å²) in [5.41, 5.74) is 6.26. The largest absolute Gasteiger partial charge is 0.384 e. The topological polar surface area (TPSA) is 69.4 Å². The molecule has 0 saturated heterocycles. The van der Waals surface area contributed by atoms with E-state index in [0.717, 1.165) is 5.56 Å². The lowest BCUT2D eigenvalue weighted by atomic mass is 10.00. The van der Waals surface area contributed by atoms with Crippen molar-refractivity contribution in [3.63, 3.8) is 0 Å². The summed E-state index contributed by atoms with van der Waals surface area (Å²) < 4.78 is 31.7. The Bertz CT molecular complexity index is 825. The molecule has 3 rings (SSSR count). The molecule has 2 aromatic carbocycles. The van der Waals surface area contributed by atoms with Crippen molar-refractivity contribution in [3.8, 4) is 0 Å². The third-order valence-corrected chi connectivity index (χ3v) is 7.36. The Balaban J connectivity index is 2.07. The van der Waals surface area contributed by atoms with Crippen molar-refractivity contribution < 1.29 is 13.2 Å². The molecule has 1 fully saturated rings. The number of halogens is 1. The van der Waals surface area contributed by atoms with Gasteiger partial charge in [-0.1, -0.05) is 41.9 Å². The Morgan fingerprint density at radius 3 is 2.46 bits per heavy atom. The molecule has 0 aliphatic heterocycles. The molecule has 0 radical (unpaired) electrons. The van der Waals surface area contributed by atoms with Gasteiger partial charge in [0.1, 0.15) is 0 Å². The highest BCUT2D eigenvalue weighted by Gasteiger charge is 2.70. The maximum atomic E-state index is 13.2. The normalized spacial score (nSPS) is 26.3. The molecule has 4 nitrogen and oxygen atoms in total. The Kier molecular flexibility index (Phi) is 4.71. The van der Waals surface area contributed by atoms with Crippen LogP contribution in [0.3, 0.4) is 0 Å². The van der Waals surface area contributed by atoms with Crippen molar-refractivity contribution in [3.05, 3.63) is 65.2 Å². The monoisotopic (exact) mass is 365 g/mol. The molecule has 0 unspecified atom stereocenters. The van der Waals surface area contributed by atoms with Crippen molar-refractivity contribution in [1.82, 2.24) is 0 Å². The zero-order chi connectivity index (χ0) is 17.4. The third-order valence-electron chi connectivity index (χ3n) is 4.79. The zero-order valence-electron chi connectivity index (χ0n) is 13.4. The second-order valence-electron chi connectivity index (χ2n) is 6.18. The van der Waals surface area contributed by atoms with E-state index in [4.69, 9.17) is 22.1 Å². The third kappa shape index (κ3) is 2.75. The van der Waals surface area contributed by atoms with Crippen LogP contribution >= 0.6 is 11.6 Å². The second kappa shape index (κ2) is 6.48. The van der Waals surface area contributed by atoms with E-state index >= 15 is 0 Å². The summed E-state index contributed by atoms with van der Waals surface area (Å²) in [7, 11) is -1.95. The van der Waals surface area contributed by atoms with Gasteiger partial charge in [-0.2, -0.15) is 0 Å². The van der Waals surface area contributed by atoms with E-state index < -0.39 is 20.5 Å². The van der Waals surface area contributed by atoms with Gasteiger partial charge in [0.05, 0.1) is 16.8 Å². The van der Waals surface area contributed by atoms with E-state index in [1.54, 1.807) is 43.5 Å². The molecule has 0 spiro atoms. The molecular formula is C18H20ClNO3S. The Morgan fingerprint density at radius 2 is 1.88 bits per heavy atom. The van der Waals surface area contributed by atoms with E-state index in [1.807, 2.05) is 18.2 Å². The number of hydrogen-bond acceptors (Lipinski definition) is 4. The summed E-state index contributed by atoms with van der Waals surface area (Å²) >= 11 is 6.10. The van der Waals surface area contributed by atoms with Gasteiger partial charge in [0, 0.05) is 30.0 Å². The summed E-state index contributed by atoms with van der Waals surface area (Å²) in [4.78, 5) is 0.313. The van der Waals surface area contributed by atoms with Crippen molar-refractivity contribution in [2.75, 3.05) is 20.3 Å². The molecule has 1 saturated carbocycles. The molecule has 6 heteroatoms. The van der Waals surface area contributed by atoms with Gasteiger partial charge in [0.15, 0.2) is 9.84 Å². The molecule has 2 aromatic rings. The van der Waals surface area contributed by atoms with Gasteiger partial charge in [0.2, 0.25) is 0 Å². The first-order chi connectivity index (χ1) is 11.5. The summed E-state index contributed by atoms with van der Waals surface area (Å²) in [5.74, 6) is -0.230. The van der Waals surface area contributed by atoms with Crippen LogP contribution in [0.5, 0.6) is 0 Å². The number of ether oxygens (including phenoxy) is 1. The molecular weight excluding hydrogens is 346 g/mol. The Labute approximate surface area is 147 Å². The van der Waals surface area contributed by atoms with Crippen LogP contribution in [0.2, 0.25) is 5.02 Å². The molecule has 0 amide bonds. The number of sulfone groups is 1. The van der Waals surface area contributed by atoms with E-state index in [2.05, 4.69) is 0 Å². The lowest BCUT2D eigenvalue weighted by Gasteiger charge is -2.15. The van der Waals surface area contributed by atoms with Crippen LogP contribution in [0.1, 0.15) is 11.5 Å². The van der Waals surface area contributed by atoms with Gasteiger partial charge >= 0.3 is 0 Å². The van der Waals surface area contributed by atoms with Crippen LogP contribution in [0.4, 0.5) is 0 Å². The minimum absolute atomic E-state index is 0.230. The molecule has 1 aliphatic rings. The van der Waals surface area contributed by atoms with Crippen LogP contribution in [-0.4, -0.2) is 33.9 Å². The number of nitrogens with two attached hydrogens (primary N) is 1. The average Bonchev–Trinajstić information content (AvgIpc) is 3.26. The van der Waals surface area contributed by atoms with Crippen molar-refractivity contribution >= 4 is 21.4 Å². The molecule has 2 N–H and O–H groups in total. The Hall–Kier alpha value is -1.40. The average molecular weight is 366 g/mol. The molecule has 1 aliphatic carbocycles. The van der Waals surface area contributed by atoms with Gasteiger partial charge in [-0.05, 0) is 29.8 Å². The fourth-order valence-electron chi connectivity index (χ4n) is 3.65. The predicted molar refractivity (Wildman–Crippen MR) is 95.0 cm³/mol. The van der Waals surface area contributed by atoms with E-state index in [0.29, 0.717) is 9.92 Å². The van der Waals surface area contributed by atoms with Crippen molar-refractivity contribution in [2.45, 2.75) is 16.1 Å². The van der Waals surface area contributed by atoms with Crippen molar-refractivity contribution in [2.24, 2.45) is 11.1 Å². The van der Waals surface area contributed by atoms with E-state index in [1.165, 1.54) is 0 Å². The molecule has 128 valence electrons. The van der Waals surface area contributed by atoms with Crippen LogP contribution in [-0.2, 0) is 14.6 Å². The zero-order valence-corrected chi connectivity index (χ0v) is 14.9. The van der Waals surface area contributed by atoms with Crippen LogP contribution in [0.25, 0.3) is 0 Å². The van der Waals surface area contributed by atoms with Gasteiger partial charge < -0.3 is 10.5 Å². The lowest BCUT2D eigenvalue weighted by Crippen LogP contribution is -2.28. The highest BCUT2D eigenvalue weighted by Crippen LogP contribution is 2.63. The molecule has 3 atom stereocenters. The summed E-state index contributed by atoms with van der Waals surface area (Å²) in [6.07, 6.45) is 0. The number of benzene rings is 2. The summed E-state index contributed by atoms with van der Waals surface area (Å²) in [5, 5.41) is -0.0329. The van der Waals surface area contributed by atoms with Crippen LogP contribution in [0, 0.1) is 5.41 Å². The van der Waals surface area contributed by atoms with Crippen LogP contribution < -0.4 is 5.73 Å². The minimum Gasteiger partial charge on any atom is -0.384 e. The predicted octanol–water partition coefficient (Wildman–Crippen LogP) is 2.87. The van der Waals surface area contributed by atoms with E-state index in [9.17, 15) is 8.42 Å². The fraction of sp³-hybridized carbons (Fsp3) is 0.333. The van der Waals surface area contributed by atoms with E-state index in [-0.39, 0.29) is 19.1 Å². The first kappa shape index (κ1) is 17.4. The molecule has 0 aromatic heterocycles. The Morgan fingerprint density at radius 1 is 1.17 bits per heavy atom. The summed E-state index contributed by atoms with van der Waals surface area (Å²) in [6, 6.07) is 15.8. The smallest absolute Gasteiger partial charge is 0.182 e. The number of hydrogen-bond donors (Lipinski definition) is 1. The summed E-state index contributed by atoms with van der Waals surface area (Å²) in [6.45, 7) is 0.520. The van der Waals surface area contributed by atoms with Gasteiger partial charge in [0.25, 0.3) is 0 Å². The number of methoxy groups -OCH3 is 1. The molecule has 0 bridgehead atoms. The first-order valence-electron chi connectivity index (χ1n) is 7.71. The first-order valence-corrected chi connectivity index (χ1v) is 9.63. The van der Waals surface area contributed by atoms with Gasteiger partial charge in [-0.15, -0.1) is 0 Å². The number of rotatable bonds is 6. The van der Waals surface area contributed by atoms with Gasteiger partial charge in [-0.25, -0.2) is 8.42 Å². The quantitative estimate of drug-likeness (QED) is 0.854. The highest BCUT2D eigenvalue weighted by molar-refractivity contribution is 7.92.